The van der Waals surface area contributed by atoms with E-state index >= 15 is 0 Å². The van der Waals surface area contributed by atoms with Gasteiger partial charge < -0.3 is 19.5 Å². The van der Waals surface area contributed by atoms with E-state index in [1.807, 2.05) is 0 Å². The second-order valence-electron chi connectivity index (χ2n) is 7.64. The third-order valence-corrected chi connectivity index (χ3v) is 5.01. The molecule has 1 aliphatic rings. The molecule has 1 N–H and O–H groups in total. The zero-order valence-electron chi connectivity index (χ0n) is 16.7. The first kappa shape index (κ1) is 19.2. The summed E-state index contributed by atoms with van der Waals surface area (Å²) >= 11 is 0. The summed E-state index contributed by atoms with van der Waals surface area (Å²) in [5.74, 6) is 2.89. The highest BCUT2D eigenvalue weighted by Crippen LogP contribution is 2.29. The minimum atomic E-state index is -0.429. The van der Waals surface area contributed by atoms with Gasteiger partial charge in [0.1, 0.15) is 23.1 Å². The molecular weight excluding hydrogens is 373 g/mol. The normalized spacial score (nSPS) is 19.2. The van der Waals surface area contributed by atoms with Crippen LogP contribution in [-0.2, 0) is 0 Å². The second-order valence-corrected chi connectivity index (χ2v) is 7.64. The zero-order chi connectivity index (χ0) is 20.4. The molecule has 0 amide bonds. The Hall–Kier alpha value is -3.16. The lowest BCUT2D eigenvalue weighted by atomic mass is 9.92. The minimum Gasteiger partial charge on any atom is -0.497 e. The Balaban J connectivity index is 1.51. The Morgan fingerprint density at radius 3 is 2.69 bits per heavy atom. The molecule has 0 radical (unpaired) electrons. The Morgan fingerprint density at radius 2 is 1.97 bits per heavy atom. The summed E-state index contributed by atoms with van der Waals surface area (Å²) in [4.78, 5) is 11.2. The summed E-state index contributed by atoms with van der Waals surface area (Å²) in [7, 11) is 1.49. The van der Waals surface area contributed by atoms with Crippen LogP contribution in [0.3, 0.4) is 0 Å². The Bertz CT molecular complexity index is 983. The van der Waals surface area contributed by atoms with Crippen LogP contribution in [0.4, 0.5) is 22.0 Å². The van der Waals surface area contributed by atoms with Crippen molar-refractivity contribution in [2.24, 2.45) is 11.8 Å². The first-order valence-electron chi connectivity index (χ1n) is 9.67. The number of aromatic nitrogens is 3. The van der Waals surface area contributed by atoms with E-state index in [1.165, 1.54) is 19.6 Å². The predicted molar refractivity (Wildman–Crippen MR) is 109 cm³/mol. The summed E-state index contributed by atoms with van der Waals surface area (Å²) in [6.45, 7) is 6.38. The SMILES string of the molecule is COc1ccc(-c2cc(Nc3ccnc(N4CC(C)CC(C)C4)n3)on2)c(F)c1. The fraction of sp³-hybridized carbons (Fsp3) is 0.381. The first-order valence-corrected chi connectivity index (χ1v) is 9.67. The van der Waals surface area contributed by atoms with E-state index in [1.54, 1.807) is 30.5 Å². The number of anilines is 3. The summed E-state index contributed by atoms with van der Waals surface area (Å²) in [5.41, 5.74) is 0.725. The van der Waals surface area contributed by atoms with Crippen molar-refractivity contribution in [2.75, 3.05) is 30.4 Å². The van der Waals surface area contributed by atoms with Gasteiger partial charge in [-0.05, 0) is 36.5 Å². The van der Waals surface area contributed by atoms with Gasteiger partial charge in [-0.2, -0.15) is 4.98 Å². The van der Waals surface area contributed by atoms with E-state index in [0.29, 0.717) is 46.5 Å². The number of hydrogen-bond donors (Lipinski definition) is 1. The fourth-order valence-electron chi connectivity index (χ4n) is 3.81. The number of nitrogens with one attached hydrogen (secondary N) is 1. The largest absolute Gasteiger partial charge is 0.497 e. The van der Waals surface area contributed by atoms with Crippen molar-refractivity contribution in [1.82, 2.24) is 15.1 Å². The van der Waals surface area contributed by atoms with E-state index < -0.39 is 5.82 Å². The molecule has 8 heteroatoms. The van der Waals surface area contributed by atoms with Gasteiger partial charge in [0.2, 0.25) is 11.8 Å². The second kappa shape index (κ2) is 8.06. The van der Waals surface area contributed by atoms with Crippen LogP contribution in [0.2, 0.25) is 0 Å². The van der Waals surface area contributed by atoms with Crippen LogP contribution in [-0.4, -0.2) is 35.3 Å². The Morgan fingerprint density at radius 1 is 1.17 bits per heavy atom. The van der Waals surface area contributed by atoms with Crippen LogP contribution in [0, 0.1) is 17.7 Å². The van der Waals surface area contributed by atoms with Gasteiger partial charge in [-0.15, -0.1) is 0 Å². The quantitative estimate of drug-likeness (QED) is 0.679. The maximum absolute atomic E-state index is 14.3. The van der Waals surface area contributed by atoms with Crippen molar-refractivity contribution in [3.8, 4) is 17.0 Å². The van der Waals surface area contributed by atoms with Gasteiger partial charge in [0.15, 0.2) is 0 Å². The molecule has 4 rings (SSSR count). The molecular formula is C21H24FN5O2. The number of methoxy groups -OCH3 is 1. The van der Waals surface area contributed by atoms with E-state index in [4.69, 9.17) is 9.26 Å². The molecule has 152 valence electrons. The molecule has 2 aromatic heterocycles. The van der Waals surface area contributed by atoms with E-state index in [0.717, 1.165) is 13.1 Å². The van der Waals surface area contributed by atoms with Crippen molar-refractivity contribution >= 4 is 17.7 Å². The summed E-state index contributed by atoms with van der Waals surface area (Å²) < 4.78 is 24.6. The lowest BCUT2D eigenvalue weighted by Gasteiger charge is -2.35. The van der Waals surface area contributed by atoms with Gasteiger partial charge in [-0.1, -0.05) is 19.0 Å². The number of halogens is 1. The smallest absolute Gasteiger partial charge is 0.230 e. The molecule has 29 heavy (non-hydrogen) atoms. The molecule has 1 saturated heterocycles. The standard InChI is InChI=1S/C21H24FN5O2/c1-13-8-14(2)12-27(11-13)21-23-7-6-19(25-21)24-20-10-18(26-29-20)16-5-4-15(28-3)9-17(16)22/h4-7,9-10,13-14H,8,11-12H2,1-3H3,(H,23,24,25). The molecule has 1 aliphatic heterocycles. The molecule has 0 bridgehead atoms. The van der Waals surface area contributed by atoms with Crippen LogP contribution in [0.25, 0.3) is 11.3 Å². The molecule has 1 aromatic carbocycles. The number of ether oxygens (including phenoxy) is 1. The Kier molecular flexibility index (Phi) is 5.33. The maximum atomic E-state index is 14.3. The highest BCUT2D eigenvalue weighted by Gasteiger charge is 2.23. The summed E-state index contributed by atoms with van der Waals surface area (Å²) in [5, 5.41) is 7.04. The fourth-order valence-corrected chi connectivity index (χ4v) is 3.81. The zero-order valence-corrected chi connectivity index (χ0v) is 16.7. The number of nitrogens with zero attached hydrogens (tertiary/aromatic N) is 4. The average molecular weight is 397 g/mol. The van der Waals surface area contributed by atoms with Crippen LogP contribution in [0.5, 0.6) is 5.75 Å². The van der Waals surface area contributed by atoms with Crippen molar-refractivity contribution < 1.29 is 13.7 Å². The number of piperidine rings is 1. The average Bonchev–Trinajstić information content (AvgIpc) is 3.15. The molecule has 1 fully saturated rings. The third-order valence-electron chi connectivity index (χ3n) is 5.01. The lowest BCUT2D eigenvalue weighted by Crippen LogP contribution is -2.39. The lowest BCUT2D eigenvalue weighted by molar-refractivity contribution is 0.353. The van der Waals surface area contributed by atoms with Crippen molar-refractivity contribution in [3.63, 3.8) is 0 Å². The van der Waals surface area contributed by atoms with Gasteiger partial charge in [-0.25, -0.2) is 9.37 Å². The van der Waals surface area contributed by atoms with Crippen LogP contribution < -0.4 is 15.0 Å². The van der Waals surface area contributed by atoms with Gasteiger partial charge in [-0.3, -0.25) is 0 Å². The molecule has 2 unspecified atom stereocenters. The van der Waals surface area contributed by atoms with Gasteiger partial charge in [0.25, 0.3) is 0 Å². The van der Waals surface area contributed by atoms with Gasteiger partial charge >= 0.3 is 0 Å². The van der Waals surface area contributed by atoms with E-state index in [-0.39, 0.29) is 0 Å². The third kappa shape index (κ3) is 4.31. The van der Waals surface area contributed by atoms with Crippen molar-refractivity contribution in [2.45, 2.75) is 20.3 Å². The monoisotopic (exact) mass is 397 g/mol. The van der Waals surface area contributed by atoms with Crippen LogP contribution >= 0.6 is 0 Å². The van der Waals surface area contributed by atoms with Gasteiger partial charge in [0.05, 0.1) is 7.11 Å². The molecule has 3 heterocycles. The number of benzene rings is 1. The number of hydrogen-bond acceptors (Lipinski definition) is 7. The van der Waals surface area contributed by atoms with E-state index in [9.17, 15) is 4.39 Å². The topological polar surface area (TPSA) is 76.3 Å². The van der Waals surface area contributed by atoms with Crippen LogP contribution in [0.1, 0.15) is 20.3 Å². The summed E-state index contributed by atoms with van der Waals surface area (Å²) in [6, 6.07) is 8.00. The predicted octanol–water partition coefficient (Wildman–Crippen LogP) is 4.51. The van der Waals surface area contributed by atoms with Crippen LogP contribution in [0.15, 0.2) is 41.1 Å². The highest BCUT2D eigenvalue weighted by molar-refractivity contribution is 5.65. The molecule has 0 saturated carbocycles. The van der Waals surface area contributed by atoms with Crippen molar-refractivity contribution in [1.29, 1.82) is 0 Å². The highest BCUT2D eigenvalue weighted by atomic mass is 19.1. The molecule has 0 aliphatic carbocycles. The molecule has 7 nitrogen and oxygen atoms in total. The molecule has 2 atom stereocenters. The molecule has 0 spiro atoms. The molecule has 3 aromatic rings. The van der Waals surface area contributed by atoms with Gasteiger partial charge in [0, 0.05) is 37.0 Å². The maximum Gasteiger partial charge on any atom is 0.230 e. The van der Waals surface area contributed by atoms with Crippen molar-refractivity contribution in [3.05, 3.63) is 42.3 Å². The first-order chi connectivity index (χ1) is 14.0. The van der Waals surface area contributed by atoms with E-state index in [2.05, 4.69) is 39.2 Å². The Labute approximate surface area is 168 Å². The summed E-state index contributed by atoms with van der Waals surface area (Å²) in [6.07, 6.45) is 2.94. The minimum absolute atomic E-state index is 0.335. The number of rotatable bonds is 5.